The molecule has 0 aliphatic rings. The molecule has 1 atom stereocenters. The zero-order valence-electron chi connectivity index (χ0n) is 9.75. The zero-order chi connectivity index (χ0) is 11.8. The highest BCUT2D eigenvalue weighted by atomic mass is 19.1. The molecule has 0 saturated carbocycles. The van der Waals surface area contributed by atoms with Crippen LogP contribution in [0, 0.1) is 11.7 Å². The number of aliphatic hydroxyl groups excluding tert-OH is 1. The van der Waals surface area contributed by atoms with Crippen molar-refractivity contribution in [1.29, 1.82) is 0 Å². The molecular formula is C13H20FNO. The summed E-state index contributed by atoms with van der Waals surface area (Å²) in [6.07, 6.45) is 1.91. The maximum Gasteiger partial charge on any atom is 0.123 e. The summed E-state index contributed by atoms with van der Waals surface area (Å²) in [6.45, 7) is 4.02. The van der Waals surface area contributed by atoms with Crippen LogP contribution >= 0.6 is 0 Å². The Bertz CT molecular complexity index is 286. The van der Waals surface area contributed by atoms with E-state index < -0.39 is 0 Å². The average molecular weight is 225 g/mol. The Morgan fingerprint density at radius 2 is 2.00 bits per heavy atom. The van der Waals surface area contributed by atoms with Crippen LogP contribution in [0.5, 0.6) is 0 Å². The molecule has 0 aliphatic heterocycles. The van der Waals surface area contributed by atoms with E-state index in [1.165, 1.54) is 12.1 Å². The lowest BCUT2D eigenvalue weighted by atomic mass is 10.0. The third kappa shape index (κ3) is 4.73. The monoisotopic (exact) mass is 225 g/mol. The second kappa shape index (κ2) is 7.36. The Kier molecular flexibility index (Phi) is 6.04. The number of aliphatic hydroxyl groups is 1. The summed E-state index contributed by atoms with van der Waals surface area (Å²) in [4.78, 5) is 0. The second-order valence-corrected chi connectivity index (χ2v) is 4.04. The molecule has 0 amide bonds. The van der Waals surface area contributed by atoms with Crippen LogP contribution in [-0.2, 0) is 6.54 Å². The fraction of sp³-hybridized carbons (Fsp3) is 0.538. The van der Waals surface area contributed by atoms with Gasteiger partial charge in [0.05, 0.1) is 0 Å². The minimum absolute atomic E-state index is 0.199. The predicted molar refractivity (Wildman–Crippen MR) is 63.6 cm³/mol. The number of nitrogens with one attached hydrogen (secondary N) is 1. The quantitative estimate of drug-likeness (QED) is 0.746. The largest absolute Gasteiger partial charge is 0.396 e. The third-order valence-electron chi connectivity index (χ3n) is 2.79. The van der Waals surface area contributed by atoms with Crippen LogP contribution in [0.25, 0.3) is 0 Å². The van der Waals surface area contributed by atoms with Crippen molar-refractivity contribution >= 4 is 0 Å². The highest BCUT2D eigenvalue weighted by molar-refractivity contribution is 5.15. The van der Waals surface area contributed by atoms with Gasteiger partial charge in [0.25, 0.3) is 0 Å². The maximum atomic E-state index is 12.6. The zero-order valence-corrected chi connectivity index (χ0v) is 9.75. The summed E-state index contributed by atoms with van der Waals surface area (Å²) in [7, 11) is 0. The maximum absolute atomic E-state index is 12.6. The molecule has 3 heteroatoms. The molecule has 1 rings (SSSR count). The number of hydrogen-bond acceptors (Lipinski definition) is 2. The lowest BCUT2D eigenvalue weighted by Gasteiger charge is -2.14. The minimum atomic E-state index is -0.199. The number of rotatable bonds is 7. The van der Waals surface area contributed by atoms with Crippen molar-refractivity contribution in [1.82, 2.24) is 5.32 Å². The van der Waals surface area contributed by atoms with Crippen LogP contribution in [0.1, 0.15) is 25.3 Å². The minimum Gasteiger partial charge on any atom is -0.396 e. The van der Waals surface area contributed by atoms with E-state index in [2.05, 4.69) is 12.2 Å². The topological polar surface area (TPSA) is 32.3 Å². The molecule has 2 nitrogen and oxygen atoms in total. The Hall–Kier alpha value is -0.930. The van der Waals surface area contributed by atoms with Crippen molar-refractivity contribution in [2.24, 2.45) is 5.92 Å². The van der Waals surface area contributed by atoms with Crippen LogP contribution in [0.15, 0.2) is 24.3 Å². The lowest BCUT2D eigenvalue weighted by Crippen LogP contribution is -2.22. The van der Waals surface area contributed by atoms with Crippen LogP contribution in [0.4, 0.5) is 4.39 Å². The molecule has 0 spiro atoms. The third-order valence-corrected chi connectivity index (χ3v) is 2.79. The van der Waals surface area contributed by atoms with Gasteiger partial charge in [0, 0.05) is 13.2 Å². The predicted octanol–water partition coefficient (Wildman–Crippen LogP) is 2.32. The van der Waals surface area contributed by atoms with Gasteiger partial charge in [-0.2, -0.15) is 0 Å². The number of benzene rings is 1. The first-order valence-electron chi connectivity index (χ1n) is 5.82. The first-order chi connectivity index (χ1) is 7.76. The molecular weight excluding hydrogens is 205 g/mol. The Morgan fingerprint density at radius 3 is 2.56 bits per heavy atom. The van der Waals surface area contributed by atoms with Gasteiger partial charge in [-0.1, -0.05) is 25.5 Å². The fourth-order valence-corrected chi connectivity index (χ4v) is 1.66. The molecule has 16 heavy (non-hydrogen) atoms. The van der Waals surface area contributed by atoms with Gasteiger partial charge in [-0.05, 0) is 36.6 Å². The van der Waals surface area contributed by atoms with Crippen molar-refractivity contribution in [2.45, 2.75) is 26.3 Å². The fourth-order valence-electron chi connectivity index (χ4n) is 1.66. The van der Waals surface area contributed by atoms with Gasteiger partial charge in [-0.15, -0.1) is 0 Å². The smallest absolute Gasteiger partial charge is 0.123 e. The van der Waals surface area contributed by atoms with Crippen molar-refractivity contribution in [2.75, 3.05) is 13.2 Å². The normalized spacial score (nSPS) is 12.7. The molecule has 0 heterocycles. The Balaban J connectivity index is 2.26. The van der Waals surface area contributed by atoms with Crippen LogP contribution in [0.2, 0.25) is 0 Å². The first kappa shape index (κ1) is 13.1. The summed E-state index contributed by atoms with van der Waals surface area (Å²) in [5, 5.41) is 12.2. The molecule has 90 valence electrons. The highest BCUT2D eigenvalue weighted by Gasteiger charge is 2.04. The molecule has 0 aromatic heterocycles. The number of hydrogen-bond donors (Lipinski definition) is 2. The van der Waals surface area contributed by atoms with Crippen LogP contribution in [0.3, 0.4) is 0 Å². The van der Waals surface area contributed by atoms with Gasteiger partial charge in [0.2, 0.25) is 0 Å². The lowest BCUT2D eigenvalue weighted by molar-refractivity contribution is 0.251. The van der Waals surface area contributed by atoms with E-state index in [0.29, 0.717) is 5.92 Å². The summed E-state index contributed by atoms with van der Waals surface area (Å²) in [5.74, 6) is 0.320. The summed E-state index contributed by atoms with van der Waals surface area (Å²) in [6, 6.07) is 6.52. The standard InChI is InChI=1S/C13H20FNO/c1-2-11(7-8-16)9-15-10-12-3-5-13(14)6-4-12/h3-6,11,15-16H,2,7-10H2,1H3. The van der Waals surface area contributed by atoms with E-state index in [1.54, 1.807) is 12.1 Å². The van der Waals surface area contributed by atoms with E-state index in [4.69, 9.17) is 5.11 Å². The van der Waals surface area contributed by atoms with E-state index in [1.807, 2.05) is 0 Å². The molecule has 0 saturated heterocycles. The Labute approximate surface area is 96.5 Å². The molecule has 0 bridgehead atoms. The van der Waals surface area contributed by atoms with Crippen molar-refractivity contribution in [3.63, 3.8) is 0 Å². The molecule has 0 radical (unpaired) electrons. The summed E-state index contributed by atoms with van der Waals surface area (Å²) in [5.41, 5.74) is 1.08. The van der Waals surface area contributed by atoms with E-state index in [9.17, 15) is 4.39 Å². The van der Waals surface area contributed by atoms with Gasteiger partial charge in [-0.25, -0.2) is 4.39 Å². The first-order valence-corrected chi connectivity index (χ1v) is 5.82. The molecule has 1 unspecified atom stereocenters. The van der Waals surface area contributed by atoms with Crippen LogP contribution < -0.4 is 5.32 Å². The number of halogens is 1. The average Bonchev–Trinajstić information content (AvgIpc) is 2.30. The van der Waals surface area contributed by atoms with Gasteiger partial charge in [-0.3, -0.25) is 0 Å². The summed E-state index contributed by atoms with van der Waals surface area (Å²) >= 11 is 0. The van der Waals surface area contributed by atoms with Crippen molar-refractivity contribution in [3.8, 4) is 0 Å². The van der Waals surface area contributed by atoms with E-state index in [0.717, 1.165) is 31.5 Å². The van der Waals surface area contributed by atoms with E-state index in [-0.39, 0.29) is 12.4 Å². The van der Waals surface area contributed by atoms with Gasteiger partial charge in [0.15, 0.2) is 0 Å². The Morgan fingerprint density at radius 1 is 1.31 bits per heavy atom. The molecule has 1 aromatic carbocycles. The molecule has 0 aliphatic carbocycles. The van der Waals surface area contributed by atoms with Crippen LogP contribution in [-0.4, -0.2) is 18.3 Å². The van der Waals surface area contributed by atoms with Gasteiger partial charge in [0.1, 0.15) is 5.82 Å². The summed E-state index contributed by atoms with van der Waals surface area (Å²) < 4.78 is 12.6. The van der Waals surface area contributed by atoms with Crippen molar-refractivity contribution in [3.05, 3.63) is 35.6 Å². The van der Waals surface area contributed by atoms with Crippen molar-refractivity contribution < 1.29 is 9.50 Å². The van der Waals surface area contributed by atoms with Gasteiger partial charge < -0.3 is 10.4 Å². The SMILES string of the molecule is CCC(CCO)CNCc1ccc(F)cc1. The van der Waals surface area contributed by atoms with Gasteiger partial charge >= 0.3 is 0 Å². The molecule has 1 aromatic rings. The second-order valence-electron chi connectivity index (χ2n) is 4.04. The van der Waals surface area contributed by atoms with E-state index >= 15 is 0 Å². The molecule has 2 N–H and O–H groups in total. The highest BCUT2D eigenvalue weighted by Crippen LogP contribution is 2.07. The molecule has 0 fully saturated rings.